The van der Waals surface area contributed by atoms with Gasteiger partial charge in [-0.3, -0.25) is 0 Å². The highest BCUT2D eigenvalue weighted by atomic mass is 15.0. The maximum atomic E-state index is 5.29. The van der Waals surface area contributed by atoms with Crippen LogP contribution in [0.2, 0.25) is 0 Å². The van der Waals surface area contributed by atoms with Gasteiger partial charge in [-0.2, -0.15) is 0 Å². The predicted octanol–water partition coefficient (Wildman–Crippen LogP) is 13.0. The molecule has 2 aliphatic carbocycles. The standard InChI is InChI=1S/C54H32N4/c1-3-13-35(14-4-1)51-55-52(57-53(56-51)37-28-30-48-42(32-37)40-20-8-10-24-47(40)58(48)38-17-5-2-6-18-38)36-27-29-44-41(31-36)39-19-7-9-21-43(39)54(44)45-22-11-15-33-25-26-34-16-12-23-46(54)50(34)49(33)45/h1-32H. The molecule has 11 aromatic rings. The lowest BCUT2D eigenvalue weighted by atomic mass is 9.70. The number of nitrogens with zero attached hydrogens (tertiary/aromatic N) is 4. The third kappa shape index (κ3) is 4.16. The van der Waals surface area contributed by atoms with Crippen molar-refractivity contribution in [1.82, 2.24) is 19.5 Å². The van der Waals surface area contributed by atoms with Crippen molar-refractivity contribution in [2.45, 2.75) is 5.41 Å². The summed E-state index contributed by atoms with van der Waals surface area (Å²) in [6.45, 7) is 0. The van der Waals surface area contributed by atoms with Crippen molar-refractivity contribution in [2.75, 3.05) is 0 Å². The van der Waals surface area contributed by atoms with Gasteiger partial charge in [0.1, 0.15) is 0 Å². The Bertz CT molecular complexity index is 3450. The Hall–Kier alpha value is -7.69. The number of aromatic nitrogens is 4. The second-order valence-corrected chi connectivity index (χ2v) is 15.5. The first-order valence-electron chi connectivity index (χ1n) is 19.9. The summed E-state index contributed by atoms with van der Waals surface area (Å²) in [7, 11) is 0. The molecule has 0 saturated heterocycles. The van der Waals surface area contributed by atoms with E-state index in [1.165, 1.54) is 60.3 Å². The number of fused-ring (bicyclic) bond motifs is 10. The molecule has 2 heterocycles. The lowest BCUT2D eigenvalue weighted by Crippen LogP contribution is -2.26. The van der Waals surface area contributed by atoms with Gasteiger partial charge in [-0.05, 0) is 97.4 Å². The van der Waals surface area contributed by atoms with E-state index < -0.39 is 5.41 Å². The quantitative estimate of drug-likeness (QED) is 0.169. The predicted molar refractivity (Wildman–Crippen MR) is 236 cm³/mol. The molecule has 2 aromatic heterocycles. The molecule has 0 bridgehead atoms. The van der Waals surface area contributed by atoms with E-state index in [1.807, 2.05) is 18.2 Å². The molecule has 268 valence electrons. The second kappa shape index (κ2) is 11.7. The lowest BCUT2D eigenvalue weighted by molar-refractivity contribution is 0.797. The minimum absolute atomic E-state index is 0.416. The van der Waals surface area contributed by atoms with Gasteiger partial charge in [0.15, 0.2) is 17.5 Å². The van der Waals surface area contributed by atoms with Crippen molar-refractivity contribution >= 4 is 43.4 Å². The van der Waals surface area contributed by atoms with Gasteiger partial charge in [-0.1, -0.05) is 152 Å². The molecular weight excluding hydrogens is 705 g/mol. The van der Waals surface area contributed by atoms with Crippen LogP contribution < -0.4 is 0 Å². The van der Waals surface area contributed by atoms with Crippen molar-refractivity contribution < 1.29 is 0 Å². The minimum atomic E-state index is -0.416. The highest BCUT2D eigenvalue weighted by molar-refractivity contribution is 6.17. The first kappa shape index (κ1) is 31.5. The van der Waals surface area contributed by atoms with E-state index in [-0.39, 0.29) is 0 Å². The van der Waals surface area contributed by atoms with Crippen LogP contribution in [0.4, 0.5) is 0 Å². The van der Waals surface area contributed by atoms with Gasteiger partial charge < -0.3 is 4.57 Å². The molecule has 0 fully saturated rings. The number of para-hydroxylation sites is 2. The summed E-state index contributed by atoms with van der Waals surface area (Å²) in [5.41, 5.74) is 13.7. The summed E-state index contributed by atoms with van der Waals surface area (Å²) in [6, 6.07) is 70.0. The largest absolute Gasteiger partial charge is 0.309 e. The van der Waals surface area contributed by atoms with Gasteiger partial charge in [0, 0.05) is 33.2 Å². The molecule has 1 spiro atoms. The maximum absolute atomic E-state index is 5.29. The van der Waals surface area contributed by atoms with Gasteiger partial charge >= 0.3 is 0 Å². The Morgan fingerprint density at radius 3 is 1.64 bits per heavy atom. The number of rotatable bonds is 4. The Kier molecular flexibility index (Phi) is 6.34. The van der Waals surface area contributed by atoms with Crippen LogP contribution in [0.15, 0.2) is 194 Å². The van der Waals surface area contributed by atoms with Gasteiger partial charge in [0.25, 0.3) is 0 Å². The minimum Gasteiger partial charge on any atom is -0.309 e. The fraction of sp³-hybridized carbons (Fsp3) is 0.0185. The van der Waals surface area contributed by atoms with Crippen LogP contribution >= 0.6 is 0 Å². The van der Waals surface area contributed by atoms with E-state index in [2.05, 4.69) is 180 Å². The topological polar surface area (TPSA) is 43.6 Å². The summed E-state index contributed by atoms with van der Waals surface area (Å²) in [5, 5.41) is 7.63. The highest BCUT2D eigenvalue weighted by Gasteiger charge is 2.50. The molecule has 4 heteroatoms. The molecule has 4 nitrogen and oxygen atoms in total. The van der Waals surface area contributed by atoms with E-state index >= 15 is 0 Å². The molecule has 0 amide bonds. The van der Waals surface area contributed by atoms with Gasteiger partial charge in [-0.15, -0.1) is 0 Å². The molecule has 0 unspecified atom stereocenters. The molecule has 2 aliphatic rings. The maximum Gasteiger partial charge on any atom is 0.164 e. The zero-order valence-corrected chi connectivity index (χ0v) is 31.3. The van der Waals surface area contributed by atoms with Gasteiger partial charge in [0.05, 0.1) is 16.4 Å². The van der Waals surface area contributed by atoms with Crippen LogP contribution in [-0.2, 0) is 5.41 Å². The van der Waals surface area contributed by atoms with E-state index in [9.17, 15) is 0 Å². The third-order valence-electron chi connectivity index (χ3n) is 12.6. The first-order valence-corrected chi connectivity index (χ1v) is 19.9. The van der Waals surface area contributed by atoms with Crippen LogP contribution in [0.1, 0.15) is 22.3 Å². The molecule has 0 atom stereocenters. The van der Waals surface area contributed by atoms with Crippen molar-refractivity contribution in [2.24, 2.45) is 0 Å². The SMILES string of the molecule is c1ccc(-c2nc(-c3ccc4c(c3)-c3ccccc3C43c4cccc5ccc6cccc3c6c45)nc(-c3ccc4c(c3)c3ccccc3n4-c3ccccc3)n2)cc1. The van der Waals surface area contributed by atoms with Gasteiger partial charge in [0.2, 0.25) is 0 Å². The van der Waals surface area contributed by atoms with Crippen molar-refractivity contribution in [3.8, 4) is 51.0 Å². The van der Waals surface area contributed by atoms with Crippen LogP contribution in [0.5, 0.6) is 0 Å². The fourth-order valence-electron chi connectivity index (χ4n) is 10.2. The number of hydrogen-bond acceptors (Lipinski definition) is 3. The summed E-state index contributed by atoms with van der Waals surface area (Å²) in [6.07, 6.45) is 0. The monoisotopic (exact) mass is 736 g/mol. The van der Waals surface area contributed by atoms with Crippen molar-refractivity contribution in [3.05, 3.63) is 216 Å². The Labute approximate surface area is 334 Å². The van der Waals surface area contributed by atoms with E-state index in [0.717, 1.165) is 38.8 Å². The van der Waals surface area contributed by atoms with Crippen molar-refractivity contribution in [1.29, 1.82) is 0 Å². The van der Waals surface area contributed by atoms with Crippen LogP contribution in [0.25, 0.3) is 94.3 Å². The average molecular weight is 737 g/mol. The third-order valence-corrected chi connectivity index (χ3v) is 12.6. The molecule has 0 aliphatic heterocycles. The molecular formula is C54H32N4. The van der Waals surface area contributed by atoms with E-state index in [0.29, 0.717) is 17.5 Å². The fourth-order valence-corrected chi connectivity index (χ4v) is 10.2. The zero-order valence-electron chi connectivity index (χ0n) is 31.3. The lowest BCUT2D eigenvalue weighted by Gasteiger charge is -2.30. The highest BCUT2D eigenvalue weighted by Crippen LogP contribution is 2.62. The number of benzene rings is 9. The van der Waals surface area contributed by atoms with Crippen LogP contribution in [0.3, 0.4) is 0 Å². The zero-order chi connectivity index (χ0) is 38.0. The Balaban J connectivity index is 1.03. The molecule has 9 aromatic carbocycles. The first-order chi connectivity index (χ1) is 28.8. The molecule has 0 radical (unpaired) electrons. The number of hydrogen-bond donors (Lipinski definition) is 0. The normalized spacial score (nSPS) is 13.3. The second-order valence-electron chi connectivity index (χ2n) is 15.5. The molecule has 0 saturated carbocycles. The summed E-state index contributed by atoms with van der Waals surface area (Å²) in [5.74, 6) is 1.94. The summed E-state index contributed by atoms with van der Waals surface area (Å²) in [4.78, 5) is 15.6. The summed E-state index contributed by atoms with van der Waals surface area (Å²) >= 11 is 0. The Morgan fingerprint density at radius 2 is 0.897 bits per heavy atom. The van der Waals surface area contributed by atoms with Gasteiger partial charge in [-0.25, -0.2) is 15.0 Å². The Morgan fingerprint density at radius 1 is 0.345 bits per heavy atom. The average Bonchev–Trinajstić information content (AvgIpc) is 3.91. The van der Waals surface area contributed by atoms with Crippen LogP contribution in [-0.4, -0.2) is 19.5 Å². The molecule has 0 N–H and O–H groups in total. The van der Waals surface area contributed by atoms with Crippen LogP contribution in [0, 0.1) is 0 Å². The van der Waals surface area contributed by atoms with E-state index in [1.54, 1.807) is 0 Å². The molecule has 58 heavy (non-hydrogen) atoms. The summed E-state index contributed by atoms with van der Waals surface area (Å²) < 4.78 is 2.33. The smallest absolute Gasteiger partial charge is 0.164 e. The van der Waals surface area contributed by atoms with E-state index in [4.69, 9.17) is 15.0 Å². The van der Waals surface area contributed by atoms with Crippen molar-refractivity contribution in [3.63, 3.8) is 0 Å². The molecule has 13 rings (SSSR count).